The van der Waals surface area contributed by atoms with Crippen LogP contribution >= 0.6 is 0 Å². The zero-order chi connectivity index (χ0) is 20.3. The van der Waals surface area contributed by atoms with Crippen LogP contribution in [0, 0.1) is 0 Å². The Labute approximate surface area is 176 Å². The number of rotatable bonds is 0. The third-order valence-corrected chi connectivity index (χ3v) is 7.59. The molecule has 0 aromatic heterocycles. The first-order chi connectivity index (χ1) is 14.5. The van der Waals surface area contributed by atoms with E-state index in [9.17, 15) is 0 Å². The van der Waals surface area contributed by atoms with Crippen molar-refractivity contribution in [1.29, 1.82) is 0 Å². The maximum atomic E-state index is 4.41. The predicted molar refractivity (Wildman–Crippen MR) is 132 cm³/mol. The van der Waals surface area contributed by atoms with E-state index < -0.39 is 0 Å². The van der Waals surface area contributed by atoms with Crippen LogP contribution in [0.2, 0.25) is 0 Å². The Hall–Kier alpha value is -3.38. The Morgan fingerprint density at radius 2 is 1.03 bits per heavy atom. The van der Waals surface area contributed by atoms with E-state index in [-0.39, 0.29) is 0 Å². The lowest BCUT2D eigenvalue weighted by atomic mass is 9.75. The third-order valence-electron chi connectivity index (χ3n) is 7.59. The van der Waals surface area contributed by atoms with Gasteiger partial charge in [0.05, 0.1) is 0 Å². The Kier molecular flexibility index (Phi) is 2.85. The van der Waals surface area contributed by atoms with Gasteiger partial charge in [-0.25, -0.2) is 0 Å². The fourth-order valence-corrected chi connectivity index (χ4v) is 6.25. The van der Waals surface area contributed by atoms with Crippen LogP contribution in [0.1, 0.15) is 47.9 Å². The molecule has 0 nitrogen and oxygen atoms in total. The van der Waals surface area contributed by atoms with Gasteiger partial charge in [-0.1, -0.05) is 75.2 Å². The molecule has 7 rings (SSSR count). The first kappa shape index (κ1) is 16.4. The molecule has 0 heteroatoms. The first-order valence-electron chi connectivity index (χ1n) is 10.8. The van der Waals surface area contributed by atoms with E-state index in [0.29, 0.717) is 5.92 Å². The van der Waals surface area contributed by atoms with Crippen LogP contribution in [0.4, 0.5) is 0 Å². The molecule has 0 fully saturated rings. The maximum Gasteiger partial charge on any atom is -0.00141 e. The Balaban J connectivity index is 1.81. The molecule has 5 aromatic rings. The van der Waals surface area contributed by atoms with Crippen LogP contribution in [0.5, 0.6) is 0 Å². The molecule has 1 atom stereocenters. The van der Waals surface area contributed by atoms with Gasteiger partial charge in [-0.05, 0) is 101 Å². The summed E-state index contributed by atoms with van der Waals surface area (Å²) >= 11 is 0. The fraction of sp³-hybridized carbons (Fsp3) is 0.133. The highest BCUT2D eigenvalue weighted by molar-refractivity contribution is 6.36. The van der Waals surface area contributed by atoms with E-state index >= 15 is 0 Å². The normalized spacial score (nSPS) is 18.4. The molecule has 0 radical (unpaired) electrons. The summed E-state index contributed by atoms with van der Waals surface area (Å²) in [6, 6.07) is 18.5. The van der Waals surface area contributed by atoms with Gasteiger partial charge in [0.15, 0.2) is 0 Å². The number of benzene rings is 5. The molecule has 0 N–H and O–H groups in total. The van der Waals surface area contributed by atoms with Gasteiger partial charge in [0.2, 0.25) is 0 Å². The SMILES string of the molecule is C=C1CC(=C)c2ccc3c4ccc5c6c(ccc(c7ccc1c2c73)c64)C(=C)CC5C. The highest BCUT2D eigenvalue weighted by Gasteiger charge is 2.26. The van der Waals surface area contributed by atoms with Crippen LogP contribution in [-0.4, -0.2) is 0 Å². The Morgan fingerprint density at radius 3 is 1.60 bits per heavy atom. The van der Waals surface area contributed by atoms with E-state index in [4.69, 9.17) is 0 Å². The van der Waals surface area contributed by atoms with Gasteiger partial charge < -0.3 is 0 Å². The van der Waals surface area contributed by atoms with Gasteiger partial charge in [-0.3, -0.25) is 0 Å². The average molecular weight is 383 g/mol. The molecule has 0 spiro atoms. The molecule has 0 amide bonds. The van der Waals surface area contributed by atoms with Crippen molar-refractivity contribution < 1.29 is 0 Å². The summed E-state index contributed by atoms with van der Waals surface area (Å²) in [6.45, 7) is 15.5. The predicted octanol–water partition coefficient (Wildman–Crippen LogP) is 8.69. The van der Waals surface area contributed by atoms with E-state index in [1.807, 2.05) is 0 Å². The second kappa shape index (κ2) is 5.21. The Morgan fingerprint density at radius 1 is 0.567 bits per heavy atom. The van der Waals surface area contributed by atoms with Crippen molar-refractivity contribution in [3.8, 4) is 0 Å². The monoisotopic (exact) mass is 382 g/mol. The zero-order valence-electron chi connectivity index (χ0n) is 17.2. The van der Waals surface area contributed by atoms with Crippen LogP contribution in [-0.2, 0) is 0 Å². The third kappa shape index (κ3) is 1.75. The highest BCUT2D eigenvalue weighted by Crippen LogP contribution is 2.51. The summed E-state index contributed by atoms with van der Waals surface area (Å²) in [5.74, 6) is 0.512. The summed E-state index contributed by atoms with van der Waals surface area (Å²) in [5.41, 5.74) is 8.99. The van der Waals surface area contributed by atoms with E-state index in [0.717, 1.165) is 12.8 Å². The van der Waals surface area contributed by atoms with Crippen molar-refractivity contribution in [3.63, 3.8) is 0 Å². The number of allylic oxidation sites excluding steroid dienone is 3. The number of fused-ring (bicyclic) bond motifs is 2. The summed E-state index contributed by atoms with van der Waals surface area (Å²) in [4.78, 5) is 0. The molecular weight excluding hydrogens is 360 g/mol. The van der Waals surface area contributed by atoms with E-state index in [2.05, 4.69) is 75.2 Å². The highest BCUT2D eigenvalue weighted by atomic mass is 14.3. The molecule has 5 aromatic carbocycles. The summed E-state index contributed by atoms with van der Waals surface area (Å²) in [7, 11) is 0. The minimum atomic E-state index is 0.512. The van der Waals surface area contributed by atoms with Crippen LogP contribution in [0.25, 0.3) is 59.8 Å². The maximum absolute atomic E-state index is 4.41. The molecular formula is C30H22. The summed E-state index contributed by atoms with van der Waals surface area (Å²) in [5, 5.41) is 10.9. The Bertz CT molecular complexity index is 1570. The molecule has 0 bridgehead atoms. The van der Waals surface area contributed by atoms with E-state index in [1.165, 1.54) is 82.1 Å². The summed E-state index contributed by atoms with van der Waals surface area (Å²) in [6.07, 6.45) is 1.91. The molecule has 0 saturated heterocycles. The minimum Gasteiger partial charge on any atom is -0.0952 e. The minimum absolute atomic E-state index is 0.512. The van der Waals surface area contributed by atoms with Crippen molar-refractivity contribution in [1.82, 2.24) is 0 Å². The van der Waals surface area contributed by atoms with Gasteiger partial charge in [-0.2, -0.15) is 0 Å². The van der Waals surface area contributed by atoms with Crippen molar-refractivity contribution in [2.75, 3.05) is 0 Å². The molecule has 142 valence electrons. The fourth-order valence-electron chi connectivity index (χ4n) is 6.25. The van der Waals surface area contributed by atoms with Crippen molar-refractivity contribution in [2.45, 2.75) is 25.7 Å². The first-order valence-corrected chi connectivity index (χ1v) is 10.8. The van der Waals surface area contributed by atoms with Crippen molar-refractivity contribution in [3.05, 3.63) is 90.5 Å². The van der Waals surface area contributed by atoms with Crippen LogP contribution in [0.3, 0.4) is 0 Å². The topological polar surface area (TPSA) is 0 Å². The lowest BCUT2D eigenvalue weighted by Gasteiger charge is -2.28. The van der Waals surface area contributed by atoms with Crippen LogP contribution < -0.4 is 0 Å². The second-order valence-corrected chi connectivity index (χ2v) is 9.28. The standard InChI is InChI=1S/C30H22/c1-15-13-16(2)20-6-10-24-26-12-8-22-18(4)14-17(3)21-7-11-25(30(26)28(21)22)23-9-5-19(15)27(20)29(23)24/h5-12,18H,1-3,13-14H2,4H3. The van der Waals surface area contributed by atoms with Gasteiger partial charge in [0.1, 0.15) is 0 Å². The molecule has 0 heterocycles. The molecule has 2 aliphatic carbocycles. The van der Waals surface area contributed by atoms with Crippen molar-refractivity contribution >= 4 is 59.8 Å². The lowest BCUT2D eigenvalue weighted by Crippen LogP contribution is -2.06. The summed E-state index contributed by atoms with van der Waals surface area (Å²) < 4.78 is 0. The second-order valence-electron chi connectivity index (χ2n) is 9.28. The molecule has 1 unspecified atom stereocenters. The van der Waals surface area contributed by atoms with Gasteiger partial charge >= 0.3 is 0 Å². The largest absolute Gasteiger partial charge is 0.0952 e. The van der Waals surface area contributed by atoms with E-state index in [1.54, 1.807) is 0 Å². The molecule has 0 aliphatic heterocycles. The number of hydrogen-bond donors (Lipinski definition) is 0. The number of hydrogen-bond acceptors (Lipinski definition) is 0. The average Bonchev–Trinajstić information content (AvgIpc) is 2.74. The van der Waals surface area contributed by atoms with Gasteiger partial charge in [0, 0.05) is 0 Å². The molecule has 0 saturated carbocycles. The molecule has 30 heavy (non-hydrogen) atoms. The van der Waals surface area contributed by atoms with Crippen molar-refractivity contribution in [2.24, 2.45) is 0 Å². The lowest BCUT2D eigenvalue weighted by molar-refractivity contribution is 0.791. The van der Waals surface area contributed by atoms with Crippen LogP contribution in [0.15, 0.2) is 68.3 Å². The molecule has 2 aliphatic rings. The zero-order valence-corrected chi connectivity index (χ0v) is 17.2. The van der Waals surface area contributed by atoms with Gasteiger partial charge in [-0.15, -0.1) is 0 Å². The smallest absolute Gasteiger partial charge is 0.00141 e. The van der Waals surface area contributed by atoms with Gasteiger partial charge in [0.25, 0.3) is 0 Å². The quantitative estimate of drug-likeness (QED) is 0.186.